The smallest absolute Gasteiger partial charge is 0.279 e. The summed E-state index contributed by atoms with van der Waals surface area (Å²) in [7, 11) is 2.96. The van der Waals surface area contributed by atoms with Crippen molar-refractivity contribution in [1.82, 2.24) is 10.9 Å². The maximum atomic E-state index is 12.2. The number of benzene rings is 2. The molecule has 0 unspecified atom stereocenters. The predicted molar refractivity (Wildman–Crippen MR) is 91.7 cm³/mol. The molecule has 2 rings (SSSR count). The van der Waals surface area contributed by atoms with E-state index in [2.05, 4.69) is 10.9 Å². The molecule has 0 spiro atoms. The Morgan fingerprint density at radius 2 is 1.64 bits per heavy atom. The van der Waals surface area contributed by atoms with Crippen LogP contribution in [0.5, 0.6) is 17.2 Å². The van der Waals surface area contributed by atoms with Crippen molar-refractivity contribution in [3.05, 3.63) is 54.1 Å². The lowest BCUT2D eigenvalue weighted by molar-refractivity contribution is -0.128. The summed E-state index contributed by atoms with van der Waals surface area (Å²) in [6.07, 6.45) is -0.777. The third-order valence-corrected chi connectivity index (χ3v) is 3.38. The first-order chi connectivity index (χ1) is 12.0. The molecule has 132 valence electrons. The number of amides is 2. The van der Waals surface area contributed by atoms with Crippen molar-refractivity contribution in [2.45, 2.75) is 13.0 Å². The number of hydrazine groups is 1. The van der Waals surface area contributed by atoms with Gasteiger partial charge in [-0.1, -0.05) is 18.2 Å². The van der Waals surface area contributed by atoms with Gasteiger partial charge in [-0.15, -0.1) is 0 Å². The zero-order chi connectivity index (χ0) is 18.2. The molecule has 0 saturated carbocycles. The van der Waals surface area contributed by atoms with E-state index in [-0.39, 0.29) is 5.56 Å². The molecule has 0 aliphatic rings. The monoisotopic (exact) mass is 344 g/mol. The fraction of sp³-hybridized carbons (Fsp3) is 0.222. The quantitative estimate of drug-likeness (QED) is 0.782. The van der Waals surface area contributed by atoms with Crippen LogP contribution in [0.1, 0.15) is 17.3 Å². The average Bonchev–Trinajstić information content (AvgIpc) is 2.65. The lowest BCUT2D eigenvalue weighted by Crippen LogP contribution is -2.47. The van der Waals surface area contributed by atoms with Crippen LogP contribution in [0.15, 0.2) is 48.5 Å². The van der Waals surface area contributed by atoms with Crippen LogP contribution < -0.4 is 25.1 Å². The molecule has 0 bridgehead atoms. The molecule has 25 heavy (non-hydrogen) atoms. The third kappa shape index (κ3) is 4.87. The van der Waals surface area contributed by atoms with Crippen LogP contribution in [0.4, 0.5) is 0 Å². The first-order valence-electron chi connectivity index (χ1n) is 7.59. The molecule has 0 saturated heterocycles. The molecule has 2 amide bonds. The molecule has 0 radical (unpaired) electrons. The van der Waals surface area contributed by atoms with E-state index in [1.54, 1.807) is 49.4 Å². The largest absolute Gasteiger partial charge is 0.497 e. The van der Waals surface area contributed by atoms with Gasteiger partial charge in [0.25, 0.3) is 11.8 Å². The molecular formula is C18H20N2O5. The molecule has 7 nitrogen and oxygen atoms in total. The summed E-state index contributed by atoms with van der Waals surface area (Å²) in [6.45, 7) is 1.59. The topological polar surface area (TPSA) is 85.9 Å². The number of hydrogen-bond donors (Lipinski definition) is 2. The SMILES string of the molecule is COc1ccc(C(=O)NNC(=O)[C@@H](C)Oc2ccccc2)c(OC)c1. The number of carbonyl (C=O) groups excluding carboxylic acids is 2. The highest BCUT2D eigenvalue weighted by Gasteiger charge is 2.18. The Labute approximate surface area is 145 Å². The highest BCUT2D eigenvalue weighted by molar-refractivity contribution is 5.98. The van der Waals surface area contributed by atoms with Gasteiger partial charge >= 0.3 is 0 Å². The Balaban J connectivity index is 1.94. The van der Waals surface area contributed by atoms with Crippen molar-refractivity contribution >= 4 is 11.8 Å². The van der Waals surface area contributed by atoms with E-state index in [0.717, 1.165) is 0 Å². The average molecular weight is 344 g/mol. The Morgan fingerprint density at radius 1 is 0.920 bits per heavy atom. The van der Waals surface area contributed by atoms with Crippen molar-refractivity contribution in [3.63, 3.8) is 0 Å². The van der Waals surface area contributed by atoms with Crippen molar-refractivity contribution in [2.24, 2.45) is 0 Å². The zero-order valence-electron chi connectivity index (χ0n) is 14.2. The van der Waals surface area contributed by atoms with Gasteiger partial charge in [0.1, 0.15) is 17.2 Å². The normalized spacial score (nSPS) is 11.2. The molecule has 7 heteroatoms. The number of rotatable bonds is 6. The third-order valence-electron chi connectivity index (χ3n) is 3.38. The van der Waals surface area contributed by atoms with Gasteiger partial charge in [0.05, 0.1) is 19.8 Å². The minimum absolute atomic E-state index is 0.264. The Kier molecular flexibility index (Phi) is 6.22. The Bertz CT molecular complexity index is 734. The second-order valence-electron chi connectivity index (χ2n) is 5.08. The minimum Gasteiger partial charge on any atom is -0.497 e. The maximum Gasteiger partial charge on any atom is 0.279 e. The van der Waals surface area contributed by atoms with Crippen molar-refractivity contribution in [1.29, 1.82) is 0 Å². The summed E-state index contributed by atoms with van der Waals surface area (Å²) in [5.41, 5.74) is 4.93. The lowest BCUT2D eigenvalue weighted by Gasteiger charge is -2.16. The van der Waals surface area contributed by atoms with Crippen LogP contribution in [0.2, 0.25) is 0 Å². The number of methoxy groups -OCH3 is 2. The lowest BCUT2D eigenvalue weighted by atomic mass is 10.2. The van der Waals surface area contributed by atoms with Crippen molar-refractivity contribution in [2.75, 3.05) is 14.2 Å². The van der Waals surface area contributed by atoms with Crippen LogP contribution in [-0.4, -0.2) is 32.1 Å². The highest BCUT2D eigenvalue weighted by Crippen LogP contribution is 2.24. The number of ether oxygens (including phenoxy) is 3. The summed E-state index contributed by atoms with van der Waals surface area (Å²) in [5, 5.41) is 0. The second-order valence-corrected chi connectivity index (χ2v) is 5.08. The van der Waals surface area contributed by atoms with Crippen molar-refractivity contribution < 1.29 is 23.8 Å². The van der Waals surface area contributed by atoms with Gasteiger partial charge < -0.3 is 14.2 Å². The van der Waals surface area contributed by atoms with Gasteiger partial charge in [-0.25, -0.2) is 0 Å². The fourth-order valence-corrected chi connectivity index (χ4v) is 2.03. The molecule has 2 N–H and O–H groups in total. The van der Waals surface area contributed by atoms with Crippen LogP contribution in [0.3, 0.4) is 0 Å². The molecule has 1 atom stereocenters. The first-order valence-corrected chi connectivity index (χ1v) is 7.59. The van der Waals surface area contributed by atoms with Gasteiger partial charge in [-0.2, -0.15) is 0 Å². The summed E-state index contributed by atoms with van der Waals surface area (Å²) in [5.74, 6) is 0.458. The number of para-hydroxylation sites is 1. The maximum absolute atomic E-state index is 12.2. The standard InChI is InChI=1S/C18H20N2O5/c1-12(25-13-7-5-4-6-8-13)17(21)19-20-18(22)15-10-9-14(23-2)11-16(15)24-3/h4-12H,1-3H3,(H,19,21)(H,20,22)/t12-/m1/s1. The Morgan fingerprint density at radius 3 is 2.28 bits per heavy atom. The van der Waals surface area contributed by atoms with E-state index in [4.69, 9.17) is 14.2 Å². The van der Waals surface area contributed by atoms with E-state index in [1.807, 2.05) is 6.07 Å². The van der Waals surface area contributed by atoms with Gasteiger partial charge in [0.15, 0.2) is 6.10 Å². The molecule has 2 aromatic carbocycles. The molecule has 0 fully saturated rings. The number of nitrogens with one attached hydrogen (secondary N) is 2. The van der Waals surface area contributed by atoms with Gasteiger partial charge in [-0.3, -0.25) is 20.4 Å². The molecular weight excluding hydrogens is 324 g/mol. The van der Waals surface area contributed by atoms with E-state index in [0.29, 0.717) is 17.2 Å². The van der Waals surface area contributed by atoms with E-state index >= 15 is 0 Å². The summed E-state index contributed by atoms with van der Waals surface area (Å²) in [6, 6.07) is 13.7. The van der Waals surface area contributed by atoms with Crippen LogP contribution in [-0.2, 0) is 4.79 Å². The number of hydrogen-bond acceptors (Lipinski definition) is 5. The van der Waals surface area contributed by atoms with Crippen molar-refractivity contribution in [3.8, 4) is 17.2 Å². The van der Waals surface area contributed by atoms with E-state index < -0.39 is 17.9 Å². The molecule has 0 aliphatic heterocycles. The highest BCUT2D eigenvalue weighted by atomic mass is 16.5. The van der Waals surface area contributed by atoms with Crippen LogP contribution in [0, 0.1) is 0 Å². The molecule has 0 heterocycles. The predicted octanol–water partition coefficient (Wildman–Crippen LogP) is 1.93. The summed E-state index contributed by atoms with van der Waals surface area (Å²) < 4.78 is 15.7. The van der Waals surface area contributed by atoms with Crippen LogP contribution >= 0.6 is 0 Å². The van der Waals surface area contributed by atoms with E-state index in [9.17, 15) is 9.59 Å². The van der Waals surface area contributed by atoms with Gasteiger partial charge in [0, 0.05) is 6.07 Å². The summed E-state index contributed by atoms with van der Waals surface area (Å²) >= 11 is 0. The summed E-state index contributed by atoms with van der Waals surface area (Å²) in [4.78, 5) is 24.3. The zero-order valence-corrected chi connectivity index (χ0v) is 14.2. The first kappa shape index (κ1) is 18.1. The molecule has 0 aliphatic carbocycles. The number of carbonyl (C=O) groups is 2. The van der Waals surface area contributed by atoms with Crippen LogP contribution in [0.25, 0.3) is 0 Å². The van der Waals surface area contributed by atoms with E-state index in [1.165, 1.54) is 14.2 Å². The Hall–Kier alpha value is -3.22. The minimum atomic E-state index is -0.777. The molecule has 2 aromatic rings. The molecule has 0 aromatic heterocycles. The second kappa shape index (κ2) is 8.58. The van der Waals surface area contributed by atoms with Gasteiger partial charge in [0.2, 0.25) is 0 Å². The fourth-order valence-electron chi connectivity index (χ4n) is 2.03. The van der Waals surface area contributed by atoms with Gasteiger partial charge in [-0.05, 0) is 31.2 Å².